The third-order valence-corrected chi connectivity index (χ3v) is 4.48. The maximum absolute atomic E-state index is 8.79. The Hall–Kier alpha value is -1.59. The molecule has 1 atom stereocenters. The topological polar surface area (TPSA) is 60.2 Å². The van der Waals surface area contributed by atoms with E-state index in [-0.39, 0.29) is 24.0 Å². The molecule has 122 valence electrons. The molecule has 6 heteroatoms. The molecule has 2 aromatic rings. The Morgan fingerprint density at radius 2 is 2.00 bits per heavy atom. The van der Waals surface area contributed by atoms with Gasteiger partial charge < -0.3 is 10.6 Å². The number of benzene rings is 1. The number of aliphatic imine (C=N–C) groups is 1. The van der Waals surface area contributed by atoms with Crippen molar-refractivity contribution in [3.8, 4) is 6.07 Å². The highest BCUT2D eigenvalue weighted by atomic mass is 127. The molecule has 0 bridgehead atoms. The van der Waals surface area contributed by atoms with Gasteiger partial charge in [0, 0.05) is 30.9 Å². The Morgan fingerprint density at radius 1 is 1.26 bits per heavy atom. The summed E-state index contributed by atoms with van der Waals surface area (Å²) in [6.45, 7) is 3.72. The van der Waals surface area contributed by atoms with Gasteiger partial charge in [0.25, 0.3) is 0 Å². The number of hydrogen-bond acceptors (Lipinski definition) is 3. The van der Waals surface area contributed by atoms with Gasteiger partial charge in [0.05, 0.1) is 11.6 Å². The largest absolute Gasteiger partial charge is 0.356 e. The summed E-state index contributed by atoms with van der Waals surface area (Å²) in [4.78, 5) is 5.61. The van der Waals surface area contributed by atoms with Crippen molar-refractivity contribution in [2.75, 3.05) is 13.6 Å². The SMILES string of the molecule is CN=C(NCc1ccc(C#N)cc1)NCC(C)c1cccs1.I. The Morgan fingerprint density at radius 3 is 2.57 bits per heavy atom. The number of guanidine groups is 1. The summed E-state index contributed by atoms with van der Waals surface area (Å²) < 4.78 is 0. The lowest BCUT2D eigenvalue weighted by atomic mass is 10.1. The van der Waals surface area contributed by atoms with E-state index in [1.807, 2.05) is 24.3 Å². The molecule has 1 aromatic heterocycles. The molecule has 23 heavy (non-hydrogen) atoms. The molecule has 0 fully saturated rings. The Labute approximate surface area is 158 Å². The first kappa shape index (κ1) is 19.5. The maximum atomic E-state index is 8.79. The smallest absolute Gasteiger partial charge is 0.191 e. The van der Waals surface area contributed by atoms with Crippen molar-refractivity contribution < 1.29 is 0 Å². The van der Waals surface area contributed by atoms with Gasteiger partial charge in [-0.2, -0.15) is 5.26 Å². The highest BCUT2D eigenvalue weighted by Gasteiger charge is 2.07. The Balaban J connectivity index is 0.00000264. The molecule has 1 heterocycles. The molecule has 0 aliphatic carbocycles. The van der Waals surface area contributed by atoms with Gasteiger partial charge in [-0.1, -0.05) is 25.1 Å². The minimum Gasteiger partial charge on any atom is -0.356 e. The van der Waals surface area contributed by atoms with Crippen LogP contribution in [-0.4, -0.2) is 19.6 Å². The number of thiophene rings is 1. The van der Waals surface area contributed by atoms with E-state index >= 15 is 0 Å². The lowest BCUT2D eigenvalue weighted by Crippen LogP contribution is -2.38. The molecule has 0 aliphatic rings. The van der Waals surface area contributed by atoms with Crippen molar-refractivity contribution in [1.82, 2.24) is 10.6 Å². The molecule has 0 saturated carbocycles. The summed E-state index contributed by atoms with van der Waals surface area (Å²) in [5.74, 6) is 1.24. The standard InChI is InChI=1S/C17H20N4S.HI/c1-13(16-4-3-9-22-16)11-20-17(19-2)21-12-15-7-5-14(10-18)6-8-15;/h3-9,13H,11-12H2,1-2H3,(H2,19,20,21);1H. The fourth-order valence-corrected chi connectivity index (χ4v) is 2.81. The molecule has 0 saturated heterocycles. The molecule has 1 aromatic carbocycles. The highest BCUT2D eigenvalue weighted by Crippen LogP contribution is 2.19. The van der Waals surface area contributed by atoms with Gasteiger partial charge in [0.2, 0.25) is 0 Å². The molecular formula is C17H21IN4S. The summed E-state index contributed by atoms with van der Waals surface area (Å²) in [5.41, 5.74) is 1.80. The minimum absolute atomic E-state index is 0. The van der Waals surface area contributed by atoms with E-state index in [0.29, 0.717) is 18.0 Å². The summed E-state index contributed by atoms with van der Waals surface area (Å²) in [6.07, 6.45) is 0. The second-order valence-corrected chi connectivity index (χ2v) is 6.01. The first-order valence-corrected chi connectivity index (χ1v) is 8.08. The summed E-state index contributed by atoms with van der Waals surface area (Å²) in [6, 6.07) is 13.9. The molecule has 2 N–H and O–H groups in total. The number of nitrogens with one attached hydrogen (secondary N) is 2. The average Bonchev–Trinajstić information content (AvgIpc) is 3.10. The number of rotatable bonds is 5. The maximum Gasteiger partial charge on any atom is 0.191 e. The van der Waals surface area contributed by atoms with Crippen molar-refractivity contribution in [2.24, 2.45) is 4.99 Å². The fourth-order valence-electron chi connectivity index (χ4n) is 2.03. The second-order valence-electron chi connectivity index (χ2n) is 5.03. The summed E-state index contributed by atoms with van der Waals surface area (Å²) in [7, 11) is 1.77. The van der Waals surface area contributed by atoms with Crippen molar-refractivity contribution in [1.29, 1.82) is 5.26 Å². The lowest BCUT2D eigenvalue weighted by Gasteiger charge is -2.15. The van der Waals surface area contributed by atoms with Gasteiger partial charge in [-0.3, -0.25) is 4.99 Å². The third kappa shape index (κ3) is 6.20. The average molecular weight is 440 g/mol. The van der Waals surface area contributed by atoms with Crippen LogP contribution in [0.5, 0.6) is 0 Å². The van der Waals surface area contributed by atoms with Crippen LogP contribution < -0.4 is 10.6 Å². The van der Waals surface area contributed by atoms with E-state index in [0.717, 1.165) is 18.1 Å². The molecular weight excluding hydrogens is 419 g/mol. The zero-order valence-electron chi connectivity index (χ0n) is 13.2. The van der Waals surface area contributed by atoms with Crippen LogP contribution in [0.2, 0.25) is 0 Å². The van der Waals surface area contributed by atoms with Crippen LogP contribution in [-0.2, 0) is 6.54 Å². The molecule has 0 spiro atoms. The molecule has 0 radical (unpaired) electrons. The number of halogens is 1. The van der Waals surface area contributed by atoms with Gasteiger partial charge in [-0.05, 0) is 29.1 Å². The van der Waals surface area contributed by atoms with Crippen molar-refractivity contribution in [3.63, 3.8) is 0 Å². The van der Waals surface area contributed by atoms with Crippen LogP contribution in [0.3, 0.4) is 0 Å². The molecule has 2 rings (SSSR count). The van der Waals surface area contributed by atoms with E-state index in [4.69, 9.17) is 5.26 Å². The van der Waals surface area contributed by atoms with E-state index in [1.165, 1.54) is 4.88 Å². The van der Waals surface area contributed by atoms with Crippen LogP contribution >= 0.6 is 35.3 Å². The number of nitrogens with zero attached hydrogens (tertiary/aromatic N) is 2. The number of nitriles is 1. The van der Waals surface area contributed by atoms with Crippen LogP contribution in [0.15, 0.2) is 46.8 Å². The van der Waals surface area contributed by atoms with Crippen LogP contribution in [0.4, 0.5) is 0 Å². The zero-order chi connectivity index (χ0) is 15.8. The first-order valence-electron chi connectivity index (χ1n) is 7.20. The van der Waals surface area contributed by atoms with E-state index in [9.17, 15) is 0 Å². The van der Waals surface area contributed by atoms with Crippen molar-refractivity contribution in [3.05, 3.63) is 57.8 Å². The van der Waals surface area contributed by atoms with Crippen molar-refractivity contribution >= 4 is 41.3 Å². The third-order valence-electron chi connectivity index (χ3n) is 3.37. The first-order chi connectivity index (χ1) is 10.7. The van der Waals surface area contributed by atoms with Gasteiger partial charge in [0.15, 0.2) is 5.96 Å². The van der Waals surface area contributed by atoms with Gasteiger partial charge in [0.1, 0.15) is 0 Å². The van der Waals surface area contributed by atoms with E-state index < -0.39 is 0 Å². The quantitative estimate of drug-likeness (QED) is 0.424. The Bertz CT molecular complexity index is 644. The van der Waals surface area contributed by atoms with E-state index in [2.05, 4.69) is 46.1 Å². The lowest BCUT2D eigenvalue weighted by molar-refractivity contribution is 0.708. The van der Waals surface area contributed by atoms with Crippen LogP contribution in [0, 0.1) is 11.3 Å². The monoisotopic (exact) mass is 440 g/mol. The molecule has 1 unspecified atom stereocenters. The van der Waals surface area contributed by atoms with Gasteiger partial charge in [-0.25, -0.2) is 0 Å². The van der Waals surface area contributed by atoms with Gasteiger partial charge >= 0.3 is 0 Å². The summed E-state index contributed by atoms with van der Waals surface area (Å²) >= 11 is 1.78. The zero-order valence-corrected chi connectivity index (χ0v) is 16.4. The van der Waals surface area contributed by atoms with E-state index in [1.54, 1.807) is 18.4 Å². The van der Waals surface area contributed by atoms with Crippen LogP contribution in [0.25, 0.3) is 0 Å². The molecule has 0 aliphatic heterocycles. The minimum atomic E-state index is 0. The molecule has 4 nitrogen and oxygen atoms in total. The normalized spacial score (nSPS) is 12.0. The van der Waals surface area contributed by atoms with Crippen LogP contribution in [0.1, 0.15) is 28.8 Å². The second kappa shape index (κ2) is 10.2. The molecule has 0 amide bonds. The summed E-state index contributed by atoms with van der Waals surface area (Å²) in [5, 5.41) is 17.5. The predicted molar refractivity (Wildman–Crippen MR) is 108 cm³/mol. The van der Waals surface area contributed by atoms with Gasteiger partial charge in [-0.15, -0.1) is 35.3 Å². The van der Waals surface area contributed by atoms with Crippen molar-refractivity contribution in [2.45, 2.75) is 19.4 Å². The highest BCUT2D eigenvalue weighted by molar-refractivity contribution is 14.0. The predicted octanol–water partition coefficient (Wildman–Crippen LogP) is 3.71. The number of hydrogen-bond donors (Lipinski definition) is 2. The Kier molecular flexibility index (Phi) is 8.66. The fraction of sp³-hybridized carbons (Fsp3) is 0.294.